The lowest BCUT2D eigenvalue weighted by Gasteiger charge is -2.59. The molecule has 12 saturated carbocycles. The van der Waals surface area contributed by atoms with Gasteiger partial charge in [0.05, 0.1) is 22.4 Å². The monoisotopic (exact) mass is 1780 g/mol. The minimum absolute atomic E-state index is 0.0743. The molecule has 708 valence electrons. The number of halogens is 13. The van der Waals surface area contributed by atoms with Crippen LogP contribution in [-0.4, -0.2) is 119 Å². The van der Waals surface area contributed by atoms with Gasteiger partial charge in [-0.3, -0.25) is 0 Å². The largest absolute Gasteiger partial charge is 0.414 e. The zero-order valence-corrected chi connectivity index (χ0v) is 78.3. The molecule has 0 saturated heterocycles. The zero-order valence-electron chi connectivity index (χ0n) is 77.5. The van der Waals surface area contributed by atoms with Gasteiger partial charge in [0.15, 0.2) is 24.4 Å². The van der Waals surface area contributed by atoms with Gasteiger partial charge in [0.25, 0.3) is 0 Å². The molecule has 0 radical (unpaired) electrons. The van der Waals surface area contributed by atoms with Crippen molar-refractivity contribution in [3.63, 3.8) is 0 Å². The third kappa shape index (κ3) is 17.9. The second-order valence-corrected chi connectivity index (χ2v) is 46.8. The molecule has 0 aromatic rings. The van der Waals surface area contributed by atoms with Crippen molar-refractivity contribution in [3.8, 4) is 0 Å². The number of rotatable bonds is 12. The van der Waals surface area contributed by atoms with Crippen LogP contribution in [0.1, 0.15) is 342 Å². The first-order valence-corrected chi connectivity index (χ1v) is 49.8. The molecule has 16 aliphatic carbocycles. The molecule has 0 aliphatic heterocycles. The molecular weight excluding hydrogens is 1620 g/mol. The summed E-state index contributed by atoms with van der Waals surface area (Å²) >= 11 is 0.250. The van der Waals surface area contributed by atoms with Gasteiger partial charge in [0.2, 0.25) is 0 Å². The average molecular weight is 1780 g/mol. The summed E-state index contributed by atoms with van der Waals surface area (Å²) in [7, 11) is 0. The highest BCUT2D eigenvalue weighted by molar-refractivity contribution is 7.93. The molecule has 12 fully saturated rings. The number of fused-ring (bicyclic) bond motifs is 20. The predicted molar refractivity (Wildman–Crippen MR) is 461 cm³/mol. The molecule has 16 aliphatic rings. The Bertz CT molecular complexity index is 3310. The number of hydrogen-bond donors (Lipinski definition) is 8. The predicted octanol–water partition coefficient (Wildman–Crippen LogP) is 26.3. The molecule has 22 heteroatoms. The fraction of sp³-hybridized carbons (Fsp3) is 0.921. The number of hydrogen-bond acceptors (Lipinski definition) is 9. The Labute approximate surface area is 733 Å². The molecule has 36 atom stereocenters. The fourth-order valence-electron chi connectivity index (χ4n) is 33.7. The quantitative estimate of drug-likeness (QED) is 0.0702. The van der Waals surface area contributed by atoms with Gasteiger partial charge >= 0.3 is 24.7 Å². The number of allylic oxidation sites excluding steroid dienone is 4. The van der Waals surface area contributed by atoms with Crippen molar-refractivity contribution in [2.45, 2.75) is 413 Å². The normalized spacial score (nSPS) is 47.2. The summed E-state index contributed by atoms with van der Waals surface area (Å²) in [4.78, 5) is 0. The maximum atomic E-state index is 13.2. The SMILES string of the molecule is CC[C@]1(O)CC[C@@]2(C)C(=CC[C@H]3[C@@H]4CC[C@H]([C@H](C)C(O)C(F)(F)F)[C@@]4(C)CC[C@@H]32)C1.CC[C@]1(O)CC[C@@]2(C)C(=CC[C@H]3[C@@H]4CC[C@H]([C@H](C)[C@@H](O)C(F)(F)F)[C@@]4(C)CC[C@@H]32)C1.CC[C@]1(O)CC[C@@]2(C)C(=CC[C@H]3[C@@H]4CC[C@H]([C@H](C)[C@H](O)C(F)(F)F)[C@@]4(C)CC[C@@H]32)C1.CC[C@]1(O)CC[C@@]2(C)C(=CC[C@H]3[C@@H]4CC[C@H]([C@H](C)[C@H](O)C(F)(F)F)[C@@]4(C)CC[C@@H]32)C1.CSF. The molecule has 0 amide bonds. The van der Waals surface area contributed by atoms with E-state index in [4.69, 9.17) is 0 Å². The van der Waals surface area contributed by atoms with Crippen LogP contribution in [0, 0.1) is 162 Å². The zero-order chi connectivity index (χ0) is 91.2. The Hall–Kier alpha value is -1.92. The van der Waals surface area contributed by atoms with E-state index in [0.717, 1.165) is 231 Å². The van der Waals surface area contributed by atoms with Gasteiger partial charge in [-0.05, 0) is 393 Å². The lowest BCUT2D eigenvalue weighted by molar-refractivity contribution is -0.227. The number of alkyl halides is 12. The lowest BCUT2D eigenvalue weighted by Crippen LogP contribution is -2.53. The minimum Gasteiger partial charge on any atom is -0.390 e. The summed E-state index contributed by atoms with van der Waals surface area (Å²) in [6.07, 6.45) is 16.7. The Balaban J connectivity index is 0.000000148. The van der Waals surface area contributed by atoms with Crippen molar-refractivity contribution >= 4 is 12.1 Å². The Morgan fingerprint density at radius 3 is 0.626 bits per heavy atom. The molecule has 0 bridgehead atoms. The van der Waals surface area contributed by atoms with Crippen LogP contribution in [0.3, 0.4) is 0 Å². The minimum atomic E-state index is -4.54. The molecule has 8 nitrogen and oxygen atoms in total. The number of aliphatic hydroxyl groups is 8. The van der Waals surface area contributed by atoms with Crippen molar-refractivity contribution in [3.05, 3.63) is 46.6 Å². The van der Waals surface area contributed by atoms with E-state index in [9.17, 15) is 97.4 Å². The van der Waals surface area contributed by atoms with Gasteiger partial charge in [0, 0.05) is 18.4 Å². The van der Waals surface area contributed by atoms with Crippen LogP contribution >= 0.6 is 12.1 Å². The summed E-state index contributed by atoms with van der Waals surface area (Å²) in [5, 5.41) is 83.4. The van der Waals surface area contributed by atoms with Crippen LogP contribution in [0.15, 0.2) is 46.6 Å². The molecule has 0 aromatic carbocycles. The van der Waals surface area contributed by atoms with Gasteiger partial charge in [-0.25, -0.2) is 0 Å². The van der Waals surface area contributed by atoms with Crippen molar-refractivity contribution in [1.82, 2.24) is 0 Å². The molecule has 123 heavy (non-hydrogen) atoms. The van der Waals surface area contributed by atoms with Crippen LogP contribution in [0.5, 0.6) is 0 Å². The van der Waals surface area contributed by atoms with E-state index in [1.807, 2.05) is 0 Å². The van der Waals surface area contributed by atoms with Crippen molar-refractivity contribution < 1.29 is 97.4 Å². The van der Waals surface area contributed by atoms with Gasteiger partial charge in [-0.2, -0.15) is 56.6 Å². The van der Waals surface area contributed by atoms with Crippen LogP contribution in [0.25, 0.3) is 0 Å². The summed E-state index contributed by atoms with van der Waals surface area (Å²) in [5.41, 5.74) is 3.48. The molecule has 0 heterocycles. The van der Waals surface area contributed by atoms with E-state index < -0.39 is 95.2 Å². The molecule has 8 N–H and O–H groups in total. The number of aliphatic hydroxyl groups excluding tert-OH is 4. The third-order valence-corrected chi connectivity index (χ3v) is 41.8. The van der Waals surface area contributed by atoms with Crippen LogP contribution in [0.4, 0.5) is 56.6 Å². The highest BCUT2D eigenvalue weighted by Crippen LogP contribution is 2.74. The summed E-state index contributed by atoms with van der Waals surface area (Å²) in [6, 6.07) is 0. The van der Waals surface area contributed by atoms with Crippen molar-refractivity contribution in [2.24, 2.45) is 162 Å². The van der Waals surface area contributed by atoms with E-state index in [1.165, 1.54) is 28.5 Å². The second kappa shape index (κ2) is 35.5. The maximum absolute atomic E-state index is 13.2. The van der Waals surface area contributed by atoms with Crippen LogP contribution in [-0.2, 0) is 0 Å². The topological polar surface area (TPSA) is 162 Å². The molecular formula is C101H159F13O8S. The van der Waals surface area contributed by atoms with Crippen molar-refractivity contribution in [2.75, 3.05) is 6.26 Å². The van der Waals surface area contributed by atoms with E-state index in [2.05, 4.69) is 107 Å². The highest BCUT2D eigenvalue weighted by Gasteiger charge is 2.68. The lowest BCUT2D eigenvalue weighted by atomic mass is 9.46. The van der Waals surface area contributed by atoms with Gasteiger partial charge in [0.1, 0.15) is 0 Å². The molecule has 0 aromatic heterocycles. The smallest absolute Gasteiger partial charge is 0.390 e. The fourth-order valence-corrected chi connectivity index (χ4v) is 33.7. The summed E-state index contributed by atoms with van der Waals surface area (Å²) in [6.45, 7) is 33.1. The van der Waals surface area contributed by atoms with E-state index in [1.54, 1.807) is 27.7 Å². The van der Waals surface area contributed by atoms with Crippen molar-refractivity contribution in [1.29, 1.82) is 0 Å². The van der Waals surface area contributed by atoms with Gasteiger partial charge in [-0.15, -0.1) is 0 Å². The van der Waals surface area contributed by atoms with Crippen LogP contribution < -0.4 is 0 Å². The first-order valence-electron chi connectivity index (χ1n) is 48.7. The standard InChI is InChI=1S/4C25H39F3O2.CH3FS/c4*1-5-24(30)13-12-22(3)16(14-24)6-7-17-19-9-8-18(15(2)21(29)25(26,27)28)23(19,4)11-10-20(17)22;1-3-2/h4*6,15,17-21,29-30H,5,7-14H2,1-4H3;1H3/t15-,17-,18+,19-,20-,21?,22-,23+,24-;15-,17-,18+,19-,20-,21+,22-,23+,24-;2*15-,17-,18+,19-,20-,21-,22-,23+,24-;/m0000./s1. The molecule has 16 rings (SSSR count). The summed E-state index contributed by atoms with van der Waals surface area (Å²) < 4.78 is 169. The second-order valence-electron chi connectivity index (χ2n) is 46.5. The molecule has 1 unspecified atom stereocenters. The summed E-state index contributed by atoms with van der Waals surface area (Å²) in [5.74, 6) is 2.78. The molecule has 0 spiro atoms. The third-order valence-electron chi connectivity index (χ3n) is 41.8. The van der Waals surface area contributed by atoms with E-state index in [0.29, 0.717) is 71.0 Å². The van der Waals surface area contributed by atoms with E-state index in [-0.39, 0.29) is 79.1 Å². The van der Waals surface area contributed by atoms with Gasteiger partial charge in [-0.1, -0.05) is 157 Å². The van der Waals surface area contributed by atoms with Gasteiger partial charge < -0.3 is 40.9 Å². The Morgan fingerprint density at radius 2 is 0.472 bits per heavy atom. The maximum Gasteiger partial charge on any atom is 0.414 e. The first kappa shape index (κ1) is 100. The Kier molecular flexibility index (Phi) is 28.9. The average Bonchev–Trinajstić information content (AvgIpc) is 1.42. The van der Waals surface area contributed by atoms with Crippen LogP contribution in [0.2, 0.25) is 0 Å². The Morgan fingerprint density at radius 1 is 0.301 bits per heavy atom. The van der Waals surface area contributed by atoms with E-state index >= 15 is 0 Å². The first-order chi connectivity index (χ1) is 56.8. The highest BCUT2D eigenvalue weighted by atomic mass is 32.2.